The first-order chi connectivity index (χ1) is 14.1. The molecule has 1 aliphatic rings. The van der Waals surface area contributed by atoms with Crippen molar-refractivity contribution in [2.24, 2.45) is 7.05 Å². The molecule has 1 amide bonds. The topological polar surface area (TPSA) is 73.4 Å². The van der Waals surface area contributed by atoms with Gasteiger partial charge < -0.3 is 18.7 Å². The minimum atomic E-state index is 0.203. The molecule has 7 nitrogen and oxygen atoms in total. The molecule has 1 aliphatic heterocycles. The Kier molecular flexibility index (Phi) is 5.64. The van der Waals surface area contributed by atoms with Crippen molar-refractivity contribution in [1.29, 1.82) is 0 Å². The molecule has 4 rings (SSSR count). The lowest BCUT2D eigenvalue weighted by Crippen LogP contribution is -2.38. The van der Waals surface area contributed by atoms with Gasteiger partial charge in [-0.2, -0.15) is 4.98 Å². The monoisotopic (exact) mass is 394 g/mol. The molecule has 1 fully saturated rings. The number of likely N-dealkylation sites (tertiary alicyclic amines) is 1. The first kappa shape index (κ1) is 19.2. The predicted molar refractivity (Wildman–Crippen MR) is 109 cm³/mol. The number of rotatable bonds is 6. The van der Waals surface area contributed by atoms with Crippen LogP contribution in [-0.2, 0) is 18.3 Å². The molecule has 0 saturated carbocycles. The summed E-state index contributed by atoms with van der Waals surface area (Å²) >= 11 is 0. The number of piperidine rings is 1. The zero-order chi connectivity index (χ0) is 20.2. The summed E-state index contributed by atoms with van der Waals surface area (Å²) in [5.74, 6) is 2.53. The first-order valence-electron chi connectivity index (χ1n) is 10.00. The smallest absolute Gasteiger partial charge is 0.230 e. The highest BCUT2D eigenvalue weighted by molar-refractivity contribution is 5.76. The molecule has 3 aromatic rings. The molecule has 7 heteroatoms. The van der Waals surface area contributed by atoms with E-state index in [1.165, 1.54) is 0 Å². The summed E-state index contributed by atoms with van der Waals surface area (Å²) in [6.07, 6.45) is 4.93. The van der Waals surface area contributed by atoms with Crippen molar-refractivity contribution in [3.63, 3.8) is 0 Å². The van der Waals surface area contributed by atoms with Gasteiger partial charge in [-0.1, -0.05) is 17.3 Å². The SMILES string of the molecule is COc1ccc(CCC(=O)N2CCC(c3nc(-c4cccn4C)no3)CC2)cc1. The maximum absolute atomic E-state index is 12.6. The number of hydrogen-bond acceptors (Lipinski definition) is 5. The minimum Gasteiger partial charge on any atom is -0.497 e. The second-order valence-electron chi connectivity index (χ2n) is 7.46. The normalized spacial score (nSPS) is 14.9. The van der Waals surface area contributed by atoms with Crippen LogP contribution in [0.25, 0.3) is 11.5 Å². The Balaban J connectivity index is 1.28. The van der Waals surface area contributed by atoms with Gasteiger partial charge in [0.05, 0.1) is 12.8 Å². The van der Waals surface area contributed by atoms with E-state index < -0.39 is 0 Å². The van der Waals surface area contributed by atoms with E-state index in [2.05, 4.69) is 10.1 Å². The van der Waals surface area contributed by atoms with Crippen molar-refractivity contribution in [3.8, 4) is 17.3 Å². The highest BCUT2D eigenvalue weighted by Crippen LogP contribution is 2.29. The van der Waals surface area contributed by atoms with Gasteiger partial charge in [-0.25, -0.2) is 0 Å². The second-order valence-corrected chi connectivity index (χ2v) is 7.46. The molecule has 29 heavy (non-hydrogen) atoms. The largest absolute Gasteiger partial charge is 0.497 e. The van der Waals surface area contributed by atoms with E-state index >= 15 is 0 Å². The standard InChI is InChI=1S/C22H26N4O3/c1-25-13-3-4-19(25)21-23-22(29-24-21)17-11-14-26(15-12-17)20(27)10-7-16-5-8-18(28-2)9-6-16/h3-6,8-9,13,17H,7,10-12,14-15H2,1-2H3. The number of methoxy groups -OCH3 is 1. The van der Waals surface area contributed by atoms with Crippen molar-refractivity contribution < 1.29 is 14.1 Å². The lowest BCUT2D eigenvalue weighted by Gasteiger charge is -2.30. The van der Waals surface area contributed by atoms with Crippen molar-refractivity contribution in [1.82, 2.24) is 19.6 Å². The number of carbonyl (C=O) groups is 1. The number of aromatic nitrogens is 3. The lowest BCUT2D eigenvalue weighted by atomic mass is 9.96. The van der Waals surface area contributed by atoms with E-state index in [0.29, 0.717) is 18.1 Å². The molecular weight excluding hydrogens is 368 g/mol. The molecule has 0 atom stereocenters. The van der Waals surface area contributed by atoms with Gasteiger partial charge in [0.2, 0.25) is 17.6 Å². The third kappa shape index (κ3) is 4.34. The summed E-state index contributed by atoms with van der Waals surface area (Å²) in [6, 6.07) is 11.8. The van der Waals surface area contributed by atoms with Crippen molar-refractivity contribution in [2.75, 3.05) is 20.2 Å². The highest BCUT2D eigenvalue weighted by atomic mass is 16.5. The van der Waals surface area contributed by atoms with E-state index in [1.807, 2.05) is 59.1 Å². The molecule has 0 bridgehead atoms. The van der Waals surface area contributed by atoms with Gasteiger partial charge in [-0.3, -0.25) is 4.79 Å². The Morgan fingerprint density at radius 3 is 2.62 bits per heavy atom. The summed E-state index contributed by atoms with van der Waals surface area (Å²) in [5, 5.41) is 4.13. The molecule has 152 valence electrons. The van der Waals surface area contributed by atoms with Gasteiger partial charge in [0.1, 0.15) is 5.75 Å². The van der Waals surface area contributed by atoms with Crippen LogP contribution in [0.3, 0.4) is 0 Å². The number of ether oxygens (including phenoxy) is 1. The fourth-order valence-corrected chi connectivity index (χ4v) is 3.78. The molecule has 0 aliphatic carbocycles. The molecule has 2 aromatic heterocycles. The fourth-order valence-electron chi connectivity index (χ4n) is 3.78. The van der Waals surface area contributed by atoms with Crippen molar-refractivity contribution in [2.45, 2.75) is 31.6 Å². The third-order valence-electron chi connectivity index (χ3n) is 5.60. The Bertz CT molecular complexity index is 953. The van der Waals surface area contributed by atoms with Gasteiger partial charge in [0.25, 0.3) is 0 Å². The average Bonchev–Trinajstić information content (AvgIpc) is 3.41. The van der Waals surface area contributed by atoms with E-state index in [-0.39, 0.29) is 11.8 Å². The number of amides is 1. The molecule has 0 unspecified atom stereocenters. The van der Waals surface area contributed by atoms with Crippen LogP contribution < -0.4 is 4.74 Å². The Morgan fingerprint density at radius 1 is 1.21 bits per heavy atom. The van der Waals surface area contributed by atoms with E-state index in [4.69, 9.17) is 9.26 Å². The van der Waals surface area contributed by atoms with E-state index in [0.717, 1.165) is 49.4 Å². The summed E-state index contributed by atoms with van der Waals surface area (Å²) < 4.78 is 12.7. The van der Waals surface area contributed by atoms with Gasteiger partial charge in [0.15, 0.2) is 0 Å². The van der Waals surface area contributed by atoms with Crippen LogP contribution in [0.1, 0.15) is 36.6 Å². The quantitative estimate of drug-likeness (QED) is 0.640. The number of benzene rings is 1. The fraction of sp³-hybridized carbons (Fsp3) is 0.409. The van der Waals surface area contributed by atoms with Gasteiger partial charge in [-0.05, 0) is 49.1 Å². The Morgan fingerprint density at radius 2 is 1.97 bits per heavy atom. The molecule has 0 radical (unpaired) electrons. The first-order valence-corrected chi connectivity index (χ1v) is 10.00. The van der Waals surface area contributed by atoms with Gasteiger partial charge >= 0.3 is 0 Å². The van der Waals surface area contributed by atoms with Crippen LogP contribution in [0.5, 0.6) is 5.75 Å². The van der Waals surface area contributed by atoms with E-state index in [1.54, 1.807) is 7.11 Å². The number of nitrogens with zero attached hydrogens (tertiary/aromatic N) is 4. The number of carbonyl (C=O) groups excluding carboxylic acids is 1. The van der Waals surface area contributed by atoms with Gasteiger partial charge in [0, 0.05) is 38.7 Å². The summed E-state index contributed by atoms with van der Waals surface area (Å²) in [4.78, 5) is 19.1. The van der Waals surface area contributed by atoms with E-state index in [9.17, 15) is 4.79 Å². The Labute approximate surface area is 170 Å². The molecule has 0 N–H and O–H groups in total. The zero-order valence-corrected chi connectivity index (χ0v) is 16.9. The Hall–Kier alpha value is -3.09. The lowest BCUT2D eigenvalue weighted by molar-refractivity contribution is -0.132. The molecule has 1 saturated heterocycles. The predicted octanol–water partition coefficient (Wildman–Crippen LogP) is 3.42. The average molecular weight is 394 g/mol. The summed E-state index contributed by atoms with van der Waals surface area (Å²) in [7, 11) is 3.61. The van der Waals surface area contributed by atoms with Crippen LogP contribution in [0, 0.1) is 0 Å². The third-order valence-corrected chi connectivity index (χ3v) is 5.60. The molecule has 0 spiro atoms. The van der Waals surface area contributed by atoms with Crippen LogP contribution in [-0.4, -0.2) is 45.7 Å². The van der Waals surface area contributed by atoms with Crippen LogP contribution in [0.2, 0.25) is 0 Å². The van der Waals surface area contributed by atoms with Crippen LogP contribution >= 0.6 is 0 Å². The zero-order valence-electron chi connectivity index (χ0n) is 16.9. The number of aryl methyl sites for hydroxylation is 2. The molecule has 3 heterocycles. The second kappa shape index (κ2) is 8.51. The molecular formula is C22H26N4O3. The summed E-state index contributed by atoms with van der Waals surface area (Å²) in [5.41, 5.74) is 2.08. The maximum atomic E-state index is 12.6. The summed E-state index contributed by atoms with van der Waals surface area (Å²) in [6.45, 7) is 1.46. The van der Waals surface area contributed by atoms with Crippen LogP contribution in [0.15, 0.2) is 47.1 Å². The van der Waals surface area contributed by atoms with Crippen molar-refractivity contribution >= 4 is 5.91 Å². The highest BCUT2D eigenvalue weighted by Gasteiger charge is 2.27. The van der Waals surface area contributed by atoms with Crippen molar-refractivity contribution in [3.05, 3.63) is 54.0 Å². The van der Waals surface area contributed by atoms with Crippen LogP contribution in [0.4, 0.5) is 0 Å². The minimum absolute atomic E-state index is 0.203. The van der Waals surface area contributed by atoms with Gasteiger partial charge in [-0.15, -0.1) is 0 Å². The molecule has 1 aromatic carbocycles. The maximum Gasteiger partial charge on any atom is 0.230 e. The number of hydrogen-bond donors (Lipinski definition) is 0.